The second-order valence-corrected chi connectivity index (χ2v) is 7.68. The molecule has 1 aromatic rings. The second kappa shape index (κ2) is 9.92. The van der Waals surface area contributed by atoms with Gasteiger partial charge in [-0.2, -0.15) is 11.8 Å². The molecule has 2 rings (SSSR count). The Morgan fingerprint density at radius 3 is 2.72 bits per heavy atom. The Morgan fingerprint density at radius 2 is 2.08 bits per heavy atom. The van der Waals surface area contributed by atoms with Gasteiger partial charge in [-0.15, -0.1) is 0 Å². The van der Waals surface area contributed by atoms with E-state index in [-0.39, 0.29) is 4.75 Å². The van der Waals surface area contributed by atoms with Crippen LogP contribution < -0.4 is 15.4 Å². The third kappa shape index (κ3) is 5.82. The first kappa shape index (κ1) is 19.9. The van der Waals surface area contributed by atoms with Gasteiger partial charge >= 0.3 is 0 Å². The zero-order valence-corrected chi connectivity index (χ0v) is 16.7. The molecule has 1 heterocycles. The molecule has 2 N–H and O–H groups in total. The molecule has 1 aromatic carbocycles. The zero-order valence-electron chi connectivity index (χ0n) is 15.9. The van der Waals surface area contributed by atoms with Crippen LogP contribution in [0, 0.1) is 6.92 Å². The average molecular weight is 366 g/mol. The van der Waals surface area contributed by atoms with Gasteiger partial charge in [-0.3, -0.25) is 4.99 Å². The molecule has 1 saturated heterocycles. The molecule has 5 nitrogen and oxygen atoms in total. The van der Waals surface area contributed by atoms with E-state index in [4.69, 9.17) is 9.47 Å². The minimum atomic E-state index is 0.250. The van der Waals surface area contributed by atoms with Gasteiger partial charge in [0.2, 0.25) is 0 Å². The number of thioether (sulfide) groups is 1. The first-order valence-electron chi connectivity index (χ1n) is 8.83. The molecule has 140 valence electrons. The maximum atomic E-state index is 5.50. The average Bonchev–Trinajstić information content (AvgIpc) is 2.66. The molecule has 0 atom stereocenters. The third-order valence-corrected chi connectivity index (χ3v) is 6.24. The Kier molecular flexibility index (Phi) is 7.90. The minimum Gasteiger partial charge on any atom is -0.496 e. The van der Waals surface area contributed by atoms with Gasteiger partial charge in [0.15, 0.2) is 5.96 Å². The summed E-state index contributed by atoms with van der Waals surface area (Å²) in [5, 5.41) is 6.90. The van der Waals surface area contributed by atoms with E-state index in [1.54, 1.807) is 7.11 Å². The lowest BCUT2D eigenvalue weighted by Gasteiger charge is -2.36. The molecule has 0 radical (unpaired) electrons. The lowest BCUT2D eigenvalue weighted by molar-refractivity contribution is 0.0783. The number of benzene rings is 1. The number of aliphatic imine (C=N–C) groups is 1. The van der Waals surface area contributed by atoms with Crippen LogP contribution in [0.15, 0.2) is 23.2 Å². The summed E-state index contributed by atoms with van der Waals surface area (Å²) in [5.41, 5.74) is 2.42. The first-order chi connectivity index (χ1) is 12.1. The fraction of sp³-hybridized carbons (Fsp3) is 0.632. The maximum absolute atomic E-state index is 5.50. The van der Waals surface area contributed by atoms with Crippen LogP contribution in [0.2, 0.25) is 0 Å². The molecule has 0 spiro atoms. The topological polar surface area (TPSA) is 54.9 Å². The summed E-state index contributed by atoms with van der Waals surface area (Å²) >= 11 is 1.93. The van der Waals surface area contributed by atoms with E-state index in [1.165, 1.54) is 5.56 Å². The molecule has 0 unspecified atom stereocenters. The third-order valence-electron chi connectivity index (χ3n) is 4.82. The number of rotatable bonds is 7. The number of ether oxygens (including phenoxy) is 2. The van der Waals surface area contributed by atoms with Crippen LogP contribution in [0.1, 0.15) is 24.0 Å². The van der Waals surface area contributed by atoms with Crippen LogP contribution in [0.3, 0.4) is 0 Å². The summed E-state index contributed by atoms with van der Waals surface area (Å²) in [4.78, 5) is 4.35. The molecule has 1 aliphatic rings. The highest BCUT2D eigenvalue weighted by atomic mass is 32.2. The van der Waals surface area contributed by atoms with Crippen molar-refractivity contribution in [1.82, 2.24) is 10.6 Å². The second-order valence-electron chi connectivity index (χ2n) is 6.41. The standard InChI is InChI=1S/C19H31N3O2S/c1-15-5-6-16(13-17(15)23-3)7-10-21-18(20-2)22-14-19(25-4)8-11-24-12-9-19/h5-6,13H,7-12,14H2,1-4H3,(H2,20,21,22). The minimum absolute atomic E-state index is 0.250. The van der Waals surface area contributed by atoms with E-state index in [0.29, 0.717) is 0 Å². The molecule has 6 heteroatoms. The summed E-state index contributed by atoms with van der Waals surface area (Å²) in [6.45, 7) is 5.51. The van der Waals surface area contributed by atoms with Crippen LogP contribution in [0.4, 0.5) is 0 Å². The molecule has 0 aliphatic carbocycles. The summed E-state index contributed by atoms with van der Waals surface area (Å²) in [6.07, 6.45) is 5.29. The van der Waals surface area contributed by atoms with Gasteiger partial charge in [0, 0.05) is 38.1 Å². The molecule has 1 aliphatic heterocycles. The van der Waals surface area contributed by atoms with E-state index in [0.717, 1.165) is 62.8 Å². The van der Waals surface area contributed by atoms with E-state index < -0.39 is 0 Å². The van der Waals surface area contributed by atoms with E-state index in [2.05, 4.69) is 47.0 Å². The summed E-state index contributed by atoms with van der Waals surface area (Å²) in [6, 6.07) is 6.37. The van der Waals surface area contributed by atoms with Crippen molar-refractivity contribution in [2.75, 3.05) is 46.7 Å². The Balaban J connectivity index is 1.80. The van der Waals surface area contributed by atoms with Crippen molar-refractivity contribution in [2.45, 2.75) is 30.9 Å². The molecular formula is C19H31N3O2S. The van der Waals surface area contributed by atoms with Gasteiger partial charge < -0.3 is 20.1 Å². The van der Waals surface area contributed by atoms with Gasteiger partial charge in [0.1, 0.15) is 5.75 Å². The van der Waals surface area contributed by atoms with Gasteiger partial charge in [-0.1, -0.05) is 12.1 Å². The highest BCUT2D eigenvalue weighted by Crippen LogP contribution is 2.32. The smallest absolute Gasteiger partial charge is 0.191 e. The quantitative estimate of drug-likeness (QED) is 0.575. The number of nitrogens with zero attached hydrogens (tertiary/aromatic N) is 1. The molecule has 0 bridgehead atoms. The van der Waals surface area contributed by atoms with Gasteiger partial charge in [-0.05, 0) is 49.6 Å². The molecule has 0 saturated carbocycles. The fourth-order valence-electron chi connectivity index (χ4n) is 3.01. The SMILES string of the molecule is CN=C(NCCc1ccc(C)c(OC)c1)NCC1(SC)CCOCC1. The van der Waals surface area contributed by atoms with Crippen molar-refractivity contribution < 1.29 is 9.47 Å². The monoisotopic (exact) mass is 365 g/mol. The highest BCUT2D eigenvalue weighted by Gasteiger charge is 2.31. The zero-order chi connectivity index (χ0) is 18.1. The summed E-state index contributed by atoms with van der Waals surface area (Å²) in [7, 11) is 3.54. The van der Waals surface area contributed by atoms with Crippen molar-refractivity contribution in [3.05, 3.63) is 29.3 Å². The highest BCUT2D eigenvalue weighted by molar-refractivity contribution is 8.00. The van der Waals surface area contributed by atoms with Crippen LogP contribution in [-0.2, 0) is 11.2 Å². The Morgan fingerprint density at radius 1 is 1.32 bits per heavy atom. The molecular weight excluding hydrogens is 334 g/mol. The predicted octanol–water partition coefficient (Wildman–Crippen LogP) is 2.62. The number of aryl methyl sites for hydroxylation is 1. The van der Waals surface area contributed by atoms with Crippen molar-refractivity contribution in [2.24, 2.45) is 4.99 Å². The lowest BCUT2D eigenvalue weighted by Crippen LogP contribution is -2.48. The molecule has 25 heavy (non-hydrogen) atoms. The van der Waals surface area contributed by atoms with Crippen LogP contribution >= 0.6 is 11.8 Å². The largest absolute Gasteiger partial charge is 0.496 e. The maximum Gasteiger partial charge on any atom is 0.191 e. The number of methoxy groups -OCH3 is 1. The summed E-state index contributed by atoms with van der Waals surface area (Å²) < 4.78 is 11.1. The van der Waals surface area contributed by atoms with Crippen LogP contribution in [-0.4, -0.2) is 57.4 Å². The van der Waals surface area contributed by atoms with Crippen molar-refractivity contribution in [1.29, 1.82) is 0 Å². The number of guanidine groups is 1. The Labute approximate surface area is 156 Å². The predicted molar refractivity (Wildman–Crippen MR) is 107 cm³/mol. The summed E-state index contributed by atoms with van der Waals surface area (Å²) in [5.74, 6) is 1.81. The van der Waals surface area contributed by atoms with Gasteiger partial charge in [0.25, 0.3) is 0 Å². The number of nitrogens with one attached hydrogen (secondary N) is 2. The van der Waals surface area contributed by atoms with Crippen LogP contribution in [0.5, 0.6) is 5.75 Å². The van der Waals surface area contributed by atoms with E-state index >= 15 is 0 Å². The van der Waals surface area contributed by atoms with Gasteiger partial charge in [0.05, 0.1) is 7.11 Å². The fourth-order valence-corrected chi connectivity index (χ4v) is 3.80. The normalized spacial score (nSPS) is 17.2. The lowest BCUT2D eigenvalue weighted by atomic mass is 9.99. The van der Waals surface area contributed by atoms with E-state index in [1.807, 2.05) is 18.8 Å². The number of hydrogen-bond donors (Lipinski definition) is 2. The first-order valence-corrected chi connectivity index (χ1v) is 10.1. The van der Waals surface area contributed by atoms with Crippen LogP contribution in [0.25, 0.3) is 0 Å². The van der Waals surface area contributed by atoms with Gasteiger partial charge in [-0.25, -0.2) is 0 Å². The Hall–Kier alpha value is -1.40. The van der Waals surface area contributed by atoms with Crippen molar-refractivity contribution in [3.63, 3.8) is 0 Å². The Bertz CT molecular complexity index is 572. The molecule has 0 amide bonds. The van der Waals surface area contributed by atoms with Crippen molar-refractivity contribution >= 4 is 17.7 Å². The molecule has 1 fully saturated rings. The number of hydrogen-bond acceptors (Lipinski definition) is 4. The van der Waals surface area contributed by atoms with Crippen molar-refractivity contribution in [3.8, 4) is 5.75 Å². The molecule has 0 aromatic heterocycles. The van der Waals surface area contributed by atoms with E-state index in [9.17, 15) is 0 Å².